The van der Waals surface area contributed by atoms with Gasteiger partial charge in [0.1, 0.15) is 11.6 Å². The molecule has 0 fully saturated rings. The average Bonchev–Trinajstić information content (AvgIpc) is 2.91. The topological polar surface area (TPSA) is 12.0 Å². The first kappa shape index (κ1) is 14.2. The number of aryl methyl sites for hydroxylation is 1. The van der Waals surface area contributed by atoms with E-state index >= 15 is 0 Å². The van der Waals surface area contributed by atoms with E-state index in [1.165, 1.54) is 23.8 Å². The van der Waals surface area contributed by atoms with Gasteiger partial charge in [0.25, 0.3) is 0 Å². The first-order valence-electron chi connectivity index (χ1n) is 6.32. The normalized spacial score (nSPS) is 12.6. The van der Waals surface area contributed by atoms with Gasteiger partial charge in [-0.05, 0) is 60.8 Å². The summed E-state index contributed by atoms with van der Waals surface area (Å²) in [4.78, 5) is 0. The lowest BCUT2D eigenvalue weighted by Gasteiger charge is -2.16. The molecule has 0 aliphatic rings. The van der Waals surface area contributed by atoms with E-state index in [1.54, 1.807) is 11.3 Å². The summed E-state index contributed by atoms with van der Waals surface area (Å²) in [6, 6.07) is 6.18. The minimum Gasteiger partial charge on any atom is -0.317 e. The zero-order chi connectivity index (χ0) is 13.7. The molecule has 0 saturated heterocycles. The van der Waals surface area contributed by atoms with E-state index in [2.05, 4.69) is 16.8 Å². The number of rotatable bonds is 6. The molecule has 2 aromatic rings. The Morgan fingerprint density at radius 2 is 1.95 bits per heavy atom. The Kier molecular flexibility index (Phi) is 5.05. The van der Waals surface area contributed by atoms with Gasteiger partial charge >= 0.3 is 0 Å². The highest BCUT2D eigenvalue weighted by Gasteiger charge is 2.14. The van der Waals surface area contributed by atoms with Gasteiger partial charge in [-0.3, -0.25) is 0 Å². The fourth-order valence-electron chi connectivity index (χ4n) is 2.10. The van der Waals surface area contributed by atoms with Gasteiger partial charge in [-0.15, -0.1) is 0 Å². The molecule has 0 aliphatic carbocycles. The van der Waals surface area contributed by atoms with E-state index in [0.717, 1.165) is 12.8 Å². The summed E-state index contributed by atoms with van der Waals surface area (Å²) in [6.07, 6.45) is 2.16. The van der Waals surface area contributed by atoms with Gasteiger partial charge in [0.2, 0.25) is 0 Å². The highest BCUT2D eigenvalue weighted by atomic mass is 32.1. The van der Waals surface area contributed by atoms with Crippen LogP contribution in [0.4, 0.5) is 8.78 Å². The monoisotopic (exact) mass is 281 g/mol. The maximum Gasteiger partial charge on any atom is 0.129 e. The number of nitrogens with one attached hydrogen (secondary N) is 1. The van der Waals surface area contributed by atoms with E-state index in [4.69, 9.17) is 0 Å². The van der Waals surface area contributed by atoms with Crippen LogP contribution < -0.4 is 5.32 Å². The third-order valence-electron chi connectivity index (χ3n) is 3.28. The number of thiophene rings is 1. The minimum absolute atomic E-state index is 0.0753. The van der Waals surface area contributed by atoms with Crippen molar-refractivity contribution in [2.75, 3.05) is 7.05 Å². The molecule has 0 bridgehead atoms. The van der Waals surface area contributed by atoms with Crippen LogP contribution in [0.1, 0.15) is 17.5 Å². The standard InChI is InChI=1S/C15H17F2NS/c1-18-12(6-5-11-7-8-19-10-11)9-13-14(16)3-2-4-15(13)17/h2-4,7-8,10,12,18H,5-6,9H2,1H3. The van der Waals surface area contributed by atoms with Crippen LogP contribution in [-0.4, -0.2) is 13.1 Å². The highest BCUT2D eigenvalue weighted by Crippen LogP contribution is 2.17. The molecule has 1 N–H and O–H groups in total. The second-order valence-electron chi connectivity index (χ2n) is 4.56. The smallest absolute Gasteiger partial charge is 0.129 e. The lowest BCUT2D eigenvalue weighted by Crippen LogP contribution is -2.29. The summed E-state index contributed by atoms with van der Waals surface area (Å²) in [7, 11) is 1.83. The Hall–Kier alpha value is -1.26. The Bertz CT molecular complexity index is 491. The third-order valence-corrected chi connectivity index (χ3v) is 4.01. The molecule has 0 spiro atoms. The van der Waals surface area contributed by atoms with E-state index in [-0.39, 0.29) is 11.6 Å². The van der Waals surface area contributed by atoms with Crippen molar-refractivity contribution in [1.82, 2.24) is 5.32 Å². The molecular weight excluding hydrogens is 264 g/mol. The molecule has 0 saturated carbocycles. The molecule has 0 aliphatic heterocycles. The van der Waals surface area contributed by atoms with Gasteiger partial charge in [-0.25, -0.2) is 8.78 Å². The van der Waals surface area contributed by atoms with Crippen LogP contribution in [0.2, 0.25) is 0 Å². The zero-order valence-corrected chi connectivity index (χ0v) is 11.6. The molecule has 1 heterocycles. The fraction of sp³-hybridized carbons (Fsp3) is 0.333. The van der Waals surface area contributed by atoms with Crippen LogP contribution in [0, 0.1) is 11.6 Å². The van der Waals surface area contributed by atoms with Gasteiger partial charge in [0.05, 0.1) is 0 Å². The first-order chi connectivity index (χ1) is 9.20. The average molecular weight is 281 g/mol. The summed E-state index contributed by atoms with van der Waals surface area (Å²) < 4.78 is 27.2. The van der Waals surface area contributed by atoms with Crippen molar-refractivity contribution in [1.29, 1.82) is 0 Å². The van der Waals surface area contributed by atoms with Crippen LogP contribution >= 0.6 is 11.3 Å². The molecule has 2 rings (SSSR count). The largest absolute Gasteiger partial charge is 0.317 e. The molecule has 0 radical (unpaired) electrons. The Balaban J connectivity index is 1.98. The number of hydrogen-bond acceptors (Lipinski definition) is 2. The minimum atomic E-state index is -0.462. The van der Waals surface area contributed by atoms with Gasteiger partial charge in [0.15, 0.2) is 0 Å². The molecule has 102 valence electrons. The molecular formula is C15H17F2NS. The second-order valence-corrected chi connectivity index (χ2v) is 5.34. The zero-order valence-electron chi connectivity index (χ0n) is 10.8. The summed E-state index contributed by atoms with van der Waals surface area (Å²) in [5, 5.41) is 7.29. The number of halogens is 2. The molecule has 1 nitrogen and oxygen atoms in total. The first-order valence-corrected chi connectivity index (χ1v) is 7.26. The van der Waals surface area contributed by atoms with E-state index in [9.17, 15) is 8.78 Å². The molecule has 1 atom stereocenters. The van der Waals surface area contributed by atoms with E-state index < -0.39 is 11.6 Å². The van der Waals surface area contributed by atoms with Crippen LogP contribution in [0.5, 0.6) is 0 Å². The summed E-state index contributed by atoms with van der Waals surface area (Å²) in [5.41, 5.74) is 1.45. The maximum atomic E-state index is 13.6. The summed E-state index contributed by atoms with van der Waals surface area (Å²) in [5.74, 6) is -0.924. The van der Waals surface area contributed by atoms with Gasteiger partial charge in [0, 0.05) is 11.6 Å². The van der Waals surface area contributed by atoms with Crippen LogP contribution in [0.25, 0.3) is 0 Å². The lowest BCUT2D eigenvalue weighted by atomic mass is 9.99. The van der Waals surface area contributed by atoms with Crippen molar-refractivity contribution in [3.05, 3.63) is 57.8 Å². The quantitative estimate of drug-likeness (QED) is 0.849. The Labute approximate surface area is 116 Å². The second kappa shape index (κ2) is 6.78. The van der Waals surface area contributed by atoms with Crippen molar-refractivity contribution in [2.45, 2.75) is 25.3 Å². The third kappa shape index (κ3) is 3.85. The molecule has 1 aromatic carbocycles. The van der Waals surface area contributed by atoms with Crippen LogP contribution in [0.3, 0.4) is 0 Å². The number of hydrogen-bond donors (Lipinski definition) is 1. The van der Waals surface area contributed by atoms with Gasteiger partial charge < -0.3 is 5.32 Å². The summed E-state index contributed by atoms with van der Waals surface area (Å²) in [6.45, 7) is 0. The van der Waals surface area contributed by atoms with Crippen LogP contribution in [0.15, 0.2) is 35.0 Å². The molecule has 19 heavy (non-hydrogen) atoms. The van der Waals surface area contributed by atoms with Crippen molar-refractivity contribution in [3.8, 4) is 0 Å². The Morgan fingerprint density at radius 3 is 2.53 bits per heavy atom. The predicted molar refractivity (Wildman–Crippen MR) is 75.5 cm³/mol. The molecule has 0 amide bonds. The lowest BCUT2D eigenvalue weighted by molar-refractivity contribution is 0.483. The maximum absolute atomic E-state index is 13.6. The SMILES string of the molecule is CNC(CCc1ccsc1)Cc1c(F)cccc1F. The van der Waals surface area contributed by atoms with Gasteiger partial charge in [-0.1, -0.05) is 6.07 Å². The molecule has 4 heteroatoms. The number of likely N-dealkylation sites (N-methyl/N-ethyl adjacent to an activating group) is 1. The molecule has 1 aromatic heterocycles. The van der Waals surface area contributed by atoms with Crippen molar-refractivity contribution in [3.63, 3.8) is 0 Å². The number of benzene rings is 1. The fourth-order valence-corrected chi connectivity index (χ4v) is 2.80. The van der Waals surface area contributed by atoms with Crippen molar-refractivity contribution < 1.29 is 8.78 Å². The molecule has 1 unspecified atom stereocenters. The van der Waals surface area contributed by atoms with E-state index in [0.29, 0.717) is 6.42 Å². The Morgan fingerprint density at radius 1 is 1.21 bits per heavy atom. The summed E-state index contributed by atoms with van der Waals surface area (Å²) >= 11 is 1.67. The van der Waals surface area contributed by atoms with Gasteiger partial charge in [-0.2, -0.15) is 11.3 Å². The van der Waals surface area contributed by atoms with Crippen molar-refractivity contribution in [2.24, 2.45) is 0 Å². The predicted octanol–water partition coefficient (Wildman–Crippen LogP) is 3.79. The van der Waals surface area contributed by atoms with Crippen molar-refractivity contribution >= 4 is 11.3 Å². The van der Waals surface area contributed by atoms with E-state index in [1.807, 2.05) is 12.4 Å². The highest BCUT2D eigenvalue weighted by molar-refractivity contribution is 7.07. The van der Waals surface area contributed by atoms with Crippen LogP contribution in [-0.2, 0) is 12.8 Å².